The Hall–Kier alpha value is -1.39. The second-order valence-corrected chi connectivity index (χ2v) is 7.01. The van der Waals surface area contributed by atoms with Crippen molar-refractivity contribution in [1.82, 2.24) is 5.32 Å². The van der Waals surface area contributed by atoms with Gasteiger partial charge in [0.1, 0.15) is 0 Å². The van der Waals surface area contributed by atoms with Gasteiger partial charge in [-0.05, 0) is 36.8 Å². The lowest BCUT2D eigenvalue weighted by Gasteiger charge is -2.25. The Morgan fingerprint density at radius 1 is 1.40 bits per heavy atom. The van der Waals surface area contributed by atoms with E-state index in [1.165, 1.54) is 11.3 Å². The van der Waals surface area contributed by atoms with E-state index in [0.717, 1.165) is 10.1 Å². The van der Waals surface area contributed by atoms with Gasteiger partial charge < -0.3 is 10.4 Å². The Bertz CT molecular complexity index is 568. The SMILES string of the molecule is CC(C)CC(C)(O)CNC(=O)c1cc2ccccc2s1. The van der Waals surface area contributed by atoms with Crippen LogP contribution < -0.4 is 5.32 Å². The molecule has 0 aliphatic rings. The number of carbonyl (C=O) groups is 1. The van der Waals surface area contributed by atoms with Crippen molar-refractivity contribution in [3.05, 3.63) is 35.2 Å². The number of amides is 1. The predicted molar refractivity (Wildman–Crippen MR) is 84.2 cm³/mol. The molecule has 0 spiro atoms. The summed E-state index contributed by atoms with van der Waals surface area (Å²) in [6.45, 7) is 6.15. The highest BCUT2D eigenvalue weighted by Crippen LogP contribution is 2.25. The molecular formula is C16H21NO2S. The van der Waals surface area contributed by atoms with Gasteiger partial charge in [-0.2, -0.15) is 0 Å². The van der Waals surface area contributed by atoms with Crippen molar-refractivity contribution < 1.29 is 9.90 Å². The minimum atomic E-state index is -0.861. The summed E-state index contributed by atoms with van der Waals surface area (Å²) in [4.78, 5) is 12.8. The summed E-state index contributed by atoms with van der Waals surface area (Å²) in [6, 6.07) is 9.83. The van der Waals surface area contributed by atoms with Crippen molar-refractivity contribution in [3.63, 3.8) is 0 Å². The first kappa shape index (κ1) is 15.0. The second kappa shape index (κ2) is 5.94. The number of hydrogen-bond acceptors (Lipinski definition) is 3. The summed E-state index contributed by atoms with van der Waals surface area (Å²) in [7, 11) is 0. The standard InChI is InChI=1S/C16H21NO2S/c1-11(2)9-16(3,19)10-17-15(18)14-8-12-6-4-5-7-13(12)20-14/h4-8,11,19H,9-10H2,1-3H3,(H,17,18). The van der Waals surface area contributed by atoms with Crippen LogP contribution in [0.4, 0.5) is 0 Å². The fourth-order valence-electron chi connectivity index (χ4n) is 2.40. The van der Waals surface area contributed by atoms with Gasteiger partial charge in [0.15, 0.2) is 0 Å². The molecule has 1 aromatic carbocycles. The largest absolute Gasteiger partial charge is 0.388 e. The Balaban J connectivity index is 2.01. The molecule has 2 rings (SSSR count). The van der Waals surface area contributed by atoms with E-state index < -0.39 is 5.60 Å². The highest BCUT2D eigenvalue weighted by Gasteiger charge is 2.23. The zero-order chi connectivity index (χ0) is 14.8. The maximum Gasteiger partial charge on any atom is 0.261 e. The van der Waals surface area contributed by atoms with Crippen LogP contribution in [0, 0.1) is 5.92 Å². The molecule has 1 aromatic heterocycles. The summed E-state index contributed by atoms with van der Waals surface area (Å²) in [5, 5.41) is 14.1. The lowest BCUT2D eigenvalue weighted by Crippen LogP contribution is -2.41. The van der Waals surface area contributed by atoms with Gasteiger partial charge in [-0.1, -0.05) is 32.0 Å². The lowest BCUT2D eigenvalue weighted by molar-refractivity contribution is 0.0369. The van der Waals surface area contributed by atoms with Crippen LogP contribution >= 0.6 is 11.3 Å². The first-order valence-electron chi connectivity index (χ1n) is 6.86. The van der Waals surface area contributed by atoms with E-state index >= 15 is 0 Å². The summed E-state index contributed by atoms with van der Waals surface area (Å²) in [6.07, 6.45) is 0.666. The Kier molecular flexibility index (Phi) is 4.45. The number of nitrogens with one attached hydrogen (secondary N) is 1. The smallest absolute Gasteiger partial charge is 0.261 e. The van der Waals surface area contributed by atoms with Gasteiger partial charge in [-0.3, -0.25) is 4.79 Å². The number of aliphatic hydroxyl groups is 1. The summed E-state index contributed by atoms with van der Waals surface area (Å²) < 4.78 is 1.10. The Labute approximate surface area is 123 Å². The number of carbonyl (C=O) groups excluding carboxylic acids is 1. The van der Waals surface area contributed by atoms with Gasteiger partial charge in [0, 0.05) is 11.2 Å². The second-order valence-electron chi connectivity index (χ2n) is 5.93. The Morgan fingerprint density at radius 2 is 2.10 bits per heavy atom. The van der Waals surface area contributed by atoms with Crippen LogP contribution in [0.3, 0.4) is 0 Å². The van der Waals surface area contributed by atoms with E-state index in [2.05, 4.69) is 19.2 Å². The van der Waals surface area contributed by atoms with E-state index in [1.807, 2.05) is 30.3 Å². The number of benzene rings is 1. The summed E-state index contributed by atoms with van der Waals surface area (Å²) in [5.41, 5.74) is -0.861. The lowest BCUT2D eigenvalue weighted by atomic mass is 9.94. The molecule has 3 nitrogen and oxygen atoms in total. The first-order valence-corrected chi connectivity index (χ1v) is 7.68. The van der Waals surface area contributed by atoms with E-state index in [-0.39, 0.29) is 12.5 Å². The van der Waals surface area contributed by atoms with Crippen molar-refractivity contribution >= 4 is 27.3 Å². The van der Waals surface area contributed by atoms with Crippen molar-refractivity contribution in [3.8, 4) is 0 Å². The molecule has 1 unspecified atom stereocenters. The van der Waals surface area contributed by atoms with Gasteiger partial charge in [0.05, 0.1) is 10.5 Å². The molecule has 0 aliphatic carbocycles. The van der Waals surface area contributed by atoms with Crippen LogP contribution in [-0.2, 0) is 0 Å². The molecule has 108 valence electrons. The molecule has 0 fully saturated rings. The minimum absolute atomic E-state index is 0.116. The normalized spacial score (nSPS) is 14.4. The van der Waals surface area contributed by atoms with Gasteiger partial charge in [0.2, 0.25) is 0 Å². The number of rotatable bonds is 5. The molecule has 1 amide bonds. The van der Waals surface area contributed by atoms with Crippen molar-refractivity contribution in [2.45, 2.75) is 32.8 Å². The monoisotopic (exact) mass is 291 g/mol. The maximum absolute atomic E-state index is 12.1. The van der Waals surface area contributed by atoms with Gasteiger partial charge >= 0.3 is 0 Å². The van der Waals surface area contributed by atoms with Crippen LogP contribution in [0.5, 0.6) is 0 Å². The maximum atomic E-state index is 12.1. The summed E-state index contributed by atoms with van der Waals surface area (Å²) in [5.74, 6) is 0.279. The fraction of sp³-hybridized carbons (Fsp3) is 0.438. The highest BCUT2D eigenvalue weighted by atomic mass is 32.1. The molecule has 20 heavy (non-hydrogen) atoms. The average Bonchev–Trinajstić information content (AvgIpc) is 2.78. The minimum Gasteiger partial charge on any atom is -0.388 e. The zero-order valence-electron chi connectivity index (χ0n) is 12.1. The van der Waals surface area contributed by atoms with Gasteiger partial charge in [-0.15, -0.1) is 11.3 Å². The molecule has 0 saturated carbocycles. The molecule has 4 heteroatoms. The molecule has 2 N–H and O–H groups in total. The van der Waals surface area contributed by atoms with Gasteiger partial charge in [-0.25, -0.2) is 0 Å². The third kappa shape index (κ3) is 3.81. The fourth-order valence-corrected chi connectivity index (χ4v) is 3.38. The predicted octanol–water partition coefficient (Wildman–Crippen LogP) is 3.43. The molecule has 0 radical (unpaired) electrons. The molecule has 0 bridgehead atoms. The molecule has 0 saturated heterocycles. The Morgan fingerprint density at radius 3 is 2.75 bits per heavy atom. The molecule has 1 atom stereocenters. The van der Waals surface area contributed by atoms with Crippen LogP contribution in [0.1, 0.15) is 36.9 Å². The third-order valence-corrected chi connectivity index (χ3v) is 4.24. The van der Waals surface area contributed by atoms with E-state index in [9.17, 15) is 9.90 Å². The number of fused-ring (bicyclic) bond motifs is 1. The zero-order valence-corrected chi connectivity index (χ0v) is 13.0. The van der Waals surface area contributed by atoms with Crippen LogP contribution in [0.2, 0.25) is 0 Å². The molecule has 2 aromatic rings. The average molecular weight is 291 g/mol. The van der Waals surface area contributed by atoms with E-state index in [0.29, 0.717) is 17.2 Å². The third-order valence-electron chi connectivity index (χ3n) is 3.13. The van der Waals surface area contributed by atoms with E-state index in [1.54, 1.807) is 6.92 Å². The van der Waals surface area contributed by atoms with Crippen LogP contribution in [0.15, 0.2) is 30.3 Å². The molecule has 1 heterocycles. The van der Waals surface area contributed by atoms with Crippen LogP contribution in [0.25, 0.3) is 10.1 Å². The number of thiophene rings is 1. The molecular weight excluding hydrogens is 270 g/mol. The van der Waals surface area contributed by atoms with Crippen LogP contribution in [-0.4, -0.2) is 23.2 Å². The van der Waals surface area contributed by atoms with Crippen molar-refractivity contribution in [2.24, 2.45) is 5.92 Å². The molecule has 0 aliphatic heterocycles. The van der Waals surface area contributed by atoms with Crippen molar-refractivity contribution in [1.29, 1.82) is 0 Å². The summed E-state index contributed by atoms with van der Waals surface area (Å²) >= 11 is 1.48. The number of hydrogen-bond donors (Lipinski definition) is 2. The van der Waals surface area contributed by atoms with Gasteiger partial charge in [0.25, 0.3) is 5.91 Å². The van der Waals surface area contributed by atoms with E-state index in [4.69, 9.17) is 0 Å². The quantitative estimate of drug-likeness (QED) is 0.886. The van der Waals surface area contributed by atoms with Crippen molar-refractivity contribution in [2.75, 3.05) is 6.54 Å². The highest BCUT2D eigenvalue weighted by molar-refractivity contribution is 7.20. The topological polar surface area (TPSA) is 49.3 Å². The first-order chi connectivity index (χ1) is 9.37.